The van der Waals surface area contributed by atoms with E-state index < -0.39 is 28.5 Å². The summed E-state index contributed by atoms with van der Waals surface area (Å²) in [6, 6.07) is 15.1. The van der Waals surface area contributed by atoms with Crippen LogP contribution in [0.2, 0.25) is 10.0 Å². The third-order valence-electron chi connectivity index (χ3n) is 6.47. The minimum Gasteiger partial charge on any atom is -0.496 e. The molecule has 0 heterocycles. The normalized spacial score (nSPS) is 12.1. The molecule has 3 rings (SSSR count). The lowest BCUT2D eigenvalue weighted by Crippen LogP contribution is -2.53. The van der Waals surface area contributed by atoms with Gasteiger partial charge in [0.05, 0.1) is 32.2 Å². The molecule has 1 N–H and O–H groups in total. The van der Waals surface area contributed by atoms with Crippen LogP contribution < -0.4 is 14.4 Å². The van der Waals surface area contributed by atoms with Gasteiger partial charge in [0.25, 0.3) is 10.0 Å². The Morgan fingerprint density at radius 2 is 1.67 bits per heavy atom. The number of aryl methyl sites for hydroxylation is 1. The van der Waals surface area contributed by atoms with Gasteiger partial charge < -0.3 is 15.0 Å². The first-order valence-electron chi connectivity index (χ1n) is 13.2. The van der Waals surface area contributed by atoms with E-state index >= 15 is 0 Å². The molecule has 0 saturated carbocycles. The van der Waals surface area contributed by atoms with Crippen molar-refractivity contribution in [3.63, 3.8) is 0 Å². The Hall–Kier alpha value is -2.79. The molecule has 12 heteroatoms. The predicted molar refractivity (Wildman–Crippen MR) is 171 cm³/mol. The Kier molecular flexibility index (Phi) is 11.7. The van der Waals surface area contributed by atoms with Crippen LogP contribution in [0.4, 0.5) is 5.69 Å². The first kappa shape index (κ1) is 33.7. The lowest BCUT2D eigenvalue weighted by molar-refractivity contribution is -0.140. The molecular weight excluding hydrogens is 665 g/mol. The fourth-order valence-corrected chi connectivity index (χ4v) is 6.76. The number of halogens is 3. The maximum Gasteiger partial charge on any atom is 0.264 e. The molecule has 0 aromatic heterocycles. The van der Waals surface area contributed by atoms with E-state index in [1.807, 2.05) is 20.8 Å². The molecule has 3 aromatic carbocycles. The molecule has 0 aliphatic heterocycles. The van der Waals surface area contributed by atoms with E-state index in [4.69, 9.17) is 27.9 Å². The summed E-state index contributed by atoms with van der Waals surface area (Å²) in [5.74, 6) is -0.449. The van der Waals surface area contributed by atoms with Gasteiger partial charge in [0.15, 0.2) is 0 Å². The van der Waals surface area contributed by atoms with E-state index in [1.165, 1.54) is 30.2 Å². The summed E-state index contributed by atoms with van der Waals surface area (Å²) in [6.45, 7) is 6.79. The van der Waals surface area contributed by atoms with Crippen molar-refractivity contribution in [2.45, 2.75) is 57.6 Å². The number of nitrogens with zero attached hydrogens (tertiary/aromatic N) is 2. The number of nitrogens with one attached hydrogen (secondary N) is 1. The number of sulfonamides is 1. The Balaban J connectivity index is 2.10. The SMILES string of the molecule is CC[C@@H](C(=O)NC(C)C)N(Cc1ccc(Cl)c(Cl)c1)C(=O)CN(c1ccc(C)cc1)S(=O)(=O)c1ccc(OC)c(Br)c1. The summed E-state index contributed by atoms with van der Waals surface area (Å²) in [5, 5.41) is 3.52. The molecule has 0 aliphatic rings. The van der Waals surface area contributed by atoms with Gasteiger partial charge in [-0.25, -0.2) is 8.42 Å². The molecule has 226 valence electrons. The van der Waals surface area contributed by atoms with Gasteiger partial charge in [-0.3, -0.25) is 13.9 Å². The minimum absolute atomic E-state index is 0.00954. The third kappa shape index (κ3) is 8.18. The first-order valence-corrected chi connectivity index (χ1v) is 16.2. The quantitative estimate of drug-likeness (QED) is 0.230. The third-order valence-corrected chi connectivity index (χ3v) is 9.59. The molecule has 0 unspecified atom stereocenters. The van der Waals surface area contributed by atoms with E-state index in [0.717, 1.165) is 9.87 Å². The largest absolute Gasteiger partial charge is 0.496 e. The van der Waals surface area contributed by atoms with Gasteiger partial charge >= 0.3 is 0 Å². The Morgan fingerprint density at radius 1 is 1.00 bits per heavy atom. The van der Waals surface area contributed by atoms with Crippen molar-refractivity contribution in [3.8, 4) is 5.75 Å². The highest BCUT2D eigenvalue weighted by Gasteiger charge is 2.34. The zero-order valence-electron chi connectivity index (χ0n) is 24.0. The molecule has 0 saturated heterocycles. The monoisotopic (exact) mass is 697 g/mol. The van der Waals surface area contributed by atoms with E-state index in [0.29, 0.717) is 37.9 Å². The number of hydrogen-bond acceptors (Lipinski definition) is 5. The zero-order chi connectivity index (χ0) is 31.2. The second-order valence-corrected chi connectivity index (χ2v) is 13.5. The van der Waals surface area contributed by atoms with Crippen LogP contribution in [0.5, 0.6) is 5.75 Å². The zero-order valence-corrected chi connectivity index (χ0v) is 27.9. The number of amides is 2. The van der Waals surface area contributed by atoms with Gasteiger partial charge in [0.1, 0.15) is 18.3 Å². The molecule has 8 nitrogen and oxygen atoms in total. The van der Waals surface area contributed by atoms with Crippen LogP contribution in [0.1, 0.15) is 38.3 Å². The molecule has 1 atom stereocenters. The summed E-state index contributed by atoms with van der Waals surface area (Å²) in [5.41, 5.74) is 1.86. The molecule has 0 bridgehead atoms. The smallest absolute Gasteiger partial charge is 0.264 e. The lowest BCUT2D eigenvalue weighted by Gasteiger charge is -2.33. The number of rotatable bonds is 12. The van der Waals surface area contributed by atoms with Gasteiger partial charge in [-0.2, -0.15) is 0 Å². The van der Waals surface area contributed by atoms with Crippen LogP contribution in [0.3, 0.4) is 0 Å². The van der Waals surface area contributed by atoms with Crippen molar-refractivity contribution in [2.75, 3.05) is 18.0 Å². The summed E-state index contributed by atoms with van der Waals surface area (Å²) in [6.07, 6.45) is 0.300. The highest BCUT2D eigenvalue weighted by molar-refractivity contribution is 9.10. The summed E-state index contributed by atoms with van der Waals surface area (Å²) >= 11 is 15.7. The van der Waals surface area contributed by atoms with Crippen molar-refractivity contribution < 1.29 is 22.7 Å². The van der Waals surface area contributed by atoms with E-state index in [9.17, 15) is 18.0 Å². The number of ether oxygens (including phenoxy) is 1. The van der Waals surface area contributed by atoms with Crippen LogP contribution in [0, 0.1) is 6.92 Å². The molecular formula is C30H34BrCl2N3O5S. The predicted octanol–water partition coefficient (Wildman–Crippen LogP) is 6.60. The average molecular weight is 699 g/mol. The molecule has 2 amide bonds. The topological polar surface area (TPSA) is 96.0 Å². The second-order valence-electron chi connectivity index (χ2n) is 10.0. The van der Waals surface area contributed by atoms with Crippen molar-refractivity contribution >= 4 is 66.7 Å². The fourth-order valence-electron chi connectivity index (χ4n) is 4.31. The van der Waals surface area contributed by atoms with Crippen LogP contribution in [-0.2, 0) is 26.2 Å². The van der Waals surface area contributed by atoms with Crippen LogP contribution in [0.15, 0.2) is 70.0 Å². The van der Waals surface area contributed by atoms with E-state index in [-0.39, 0.29) is 23.4 Å². The van der Waals surface area contributed by atoms with Gasteiger partial charge in [-0.05, 0) is 91.1 Å². The van der Waals surface area contributed by atoms with Crippen LogP contribution in [0.25, 0.3) is 0 Å². The Labute approximate surface area is 266 Å². The summed E-state index contributed by atoms with van der Waals surface area (Å²) in [4.78, 5) is 28.7. The summed E-state index contributed by atoms with van der Waals surface area (Å²) < 4.78 is 34.9. The molecule has 0 aliphatic carbocycles. The summed E-state index contributed by atoms with van der Waals surface area (Å²) in [7, 11) is -2.76. The second kappa shape index (κ2) is 14.6. The number of methoxy groups -OCH3 is 1. The Bertz CT molecular complexity index is 1530. The molecule has 0 fully saturated rings. The molecule has 0 radical (unpaired) electrons. The van der Waals surface area contributed by atoms with E-state index in [2.05, 4.69) is 21.2 Å². The number of benzene rings is 3. The number of anilines is 1. The molecule has 3 aromatic rings. The average Bonchev–Trinajstić information content (AvgIpc) is 2.93. The maximum atomic E-state index is 14.1. The van der Waals surface area contributed by atoms with Crippen molar-refractivity contribution in [2.24, 2.45) is 0 Å². The van der Waals surface area contributed by atoms with Crippen molar-refractivity contribution in [1.82, 2.24) is 10.2 Å². The van der Waals surface area contributed by atoms with Gasteiger partial charge in [-0.1, -0.05) is 53.9 Å². The highest BCUT2D eigenvalue weighted by atomic mass is 79.9. The molecule has 0 spiro atoms. The Morgan fingerprint density at radius 3 is 2.21 bits per heavy atom. The number of carbonyl (C=O) groups excluding carboxylic acids is 2. The van der Waals surface area contributed by atoms with Crippen LogP contribution in [-0.4, -0.2) is 50.9 Å². The highest BCUT2D eigenvalue weighted by Crippen LogP contribution is 2.31. The van der Waals surface area contributed by atoms with E-state index in [1.54, 1.807) is 49.4 Å². The maximum absolute atomic E-state index is 14.1. The number of hydrogen-bond donors (Lipinski definition) is 1. The van der Waals surface area contributed by atoms with Crippen LogP contribution >= 0.6 is 39.1 Å². The van der Waals surface area contributed by atoms with Gasteiger partial charge in [0.2, 0.25) is 11.8 Å². The fraction of sp³-hybridized carbons (Fsp3) is 0.333. The van der Waals surface area contributed by atoms with Gasteiger partial charge in [-0.15, -0.1) is 0 Å². The van der Waals surface area contributed by atoms with Crippen molar-refractivity contribution in [3.05, 3.63) is 86.3 Å². The standard InChI is InChI=1S/C30H34BrCl2N3O5S/c1-6-27(30(38)34-19(2)3)35(17-21-9-13-25(32)26(33)15-21)29(37)18-36(22-10-7-20(4)8-11-22)42(39,40)23-12-14-28(41-5)24(31)16-23/h7-16,19,27H,6,17-18H2,1-5H3,(H,34,38)/t27-/m0/s1. The number of carbonyl (C=O) groups is 2. The van der Waals surface area contributed by atoms with Crippen molar-refractivity contribution in [1.29, 1.82) is 0 Å². The first-order chi connectivity index (χ1) is 19.8. The van der Waals surface area contributed by atoms with Gasteiger partial charge in [0, 0.05) is 12.6 Å². The minimum atomic E-state index is -4.24. The lowest BCUT2D eigenvalue weighted by atomic mass is 10.1. The molecule has 42 heavy (non-hydrogen) atoms.